The van der Waals surface area contributed by atoms with E-state index in [0.717, 1.165) is 17.9 Å². The average molecular weight is 223 g/mol. The third kappa shape index (κ3) is 2.29. The van der Waals surface area contributed by atoms with E-state index in [1.165, 1.54) is 0 Å². The maximum absolute atomic E-state index is 6.24. The number of nitrogens with two attached hydrogens (primary N) is 1. The van der Waals surface area contributed by atoms with Crippen molar-refractivity contribution in [1.82, 2.24) is 0 Å². The maximum atomic E-state index is 6.24. The number of rotatable bonds is 2. The first kappa shape index (κ1) is 10.8. The zero-order valence-electron chi connectivity index (χ0n) is 9.14. The smallest absolute Gasteiger partial charge is 0.124 e. The van der Waals surface area contributed by atoms with Crippen molar-refractivity contribution in [3.05, 3.63) is 29.8 Å². The minimum absolute atomic E-state index is 0.0994. The van der Waals surface area contributed by atoms with Gasteiger partial charge in [-0.25, -0.2) is 0 Å². The van der Waals surface area contributed by atoms with Gasteiger partial charge in [0.25, 0.3) is 0 Å². The normalized spacial score (nSPS) is 24.8. The summed E-state index contributed by atoms with van der Waals surface area (Å²) in [6, 6.07) is 8.16. The van der Waals surface area contributed by atoms with E-state index in [1.54, 1.807) is 0 Å². The summed E-state index contributed by atoms with van der Waals surface area (Å²) in [5.41, 5.74) is 7.38. The fraction of sp³-hybridized carbons (Fsp3) is 0.500. The first-order chi connectivity index (χ1) is 7.18. The molecule has 1 heterocycles. The summed E-state index contributed by atoms with van der Waals surface area (Å²) in [6.07, 6.45) is 0. The molecule has 0 saturated carbocycles. The number of thioether (sulfide) groups is 1. The Hall–Kier alpha value is -0.670. The van der Waals surface area contributed by atoms with Gasteiger partial charge in [0.05, 0.1) is 5.25 Å². The SMILES string of the molecule is CC(C)SC1COc2ccccc2C1N. The van der Waals surface area contributed by atoms with Gasteiger partial charge in [-0.05, 0) is 11.3 Å². The quantitative estimate of drug-likeness (QED) is 0.837. The van der Waals surface area contributed by atoms with E-state index in [9.17, 15) is 0 Å². The molecule has 1 aliphatic heterocycles. The highest BCUT2D eigenvalue weighted by Gasteiger charge is 2.28. The molecule has 1 aliphatic rings. The molecule has 2 atom stereocenters. The lowest BCUT2D eigenvalue weighted by atomic mass is 10.0. The molecule has 0 aromatic heterocycles. The summed E-state index contributed by atoms with van der Waals surface area (Å²) in [6.45, 7) is 5.11. The molecule has 2 unspecified atom stereocenters. The minimum atomic E-state index is 0.0994. The average Bonchev–Trinajstić information content (AvgIpc) is 2.22. The van der Waals surface area contributed by atoms with E-state index in [2.05, 4.69) is 19.9 Å². The number of ether oxygens (including phenoxy) is 1. The van der Waals surface area contributed by atoms with E-state index in [1.807, 2.05) is 30.0 Å². The Morgan fingerprint density at radius 3 is 2.87 bits per heavy atom. The first-order valence-corrected chi connectivity index (χ1v) is 6.25. The van der Waals surface area contributed by atoms with Crippen molar-refractivity contribution in [3.63, 3.8) is 0 Å². The van der Waals surface area contributed by atoms with Crippen LogP contribution in [0.15, 0.2) is 24.3 Å². The monoisotopic (exact) mass is 223 g/mol. The van der Waals surface area contributed by atoms with Crippen LogP contribution in [0.2, 0.25) is 0 Å². The minimum Gasteiger partial charge on any atom is -0.492 e. The molecule has 0 saturated heterocycles. The van der Waals surface area contributed by atoms with Crippen molar-refractivity contribution in [1.29, 1.82) is 0 Å². The molecule has 2 nitrogen and oxygen atoms in total. The zero-order valence-corrected chi connectivity index (χ0v) is 9.96. The molecule has 3 heteroatoms. The van der Waals surface area contributed by atoms with Gasteiger partial charge in [0.15, 0.2) is 0 Å². The highest BCUT2D eigenvalue weighted by atomic mass is 32.2. The number of benzene rings is 1. The molecular formula is C12H17NOS. The fourth-order valence-electron chi connectivity index (χ4n) is 1.84. The number of para-hydroxylation sites is 1. The van der Waals surface area contributed by atoms with Gasteiger partial charge < -0.3 is 10.5 Å². The molecule has 1 aromatic carbocycles. The predicted octanol–water partition coefficient (Wildman–Crippen LogP) is 2.59. The number of hydrogen-bond donors (Lipinski definition) is 1. The van der Waals surface area contributed by atoms with Gasteiger partial charge in [-0.15, -0.1) is 0 Å². The van der Waals surface area contributed by atoms with E-state index >= 15 is 0 Å². The second-order valence-electron chi connectivity index (χ2n) is 4.10. The summed E-state index contributed by atoms with van der Waals surface area (Å²) in [4.78, 5) is 0. The van der Waals surface area contributed by atoms with Crippen LogP contribution in [0.1, 0.15) is 25.5 Å². The Morgan fingerprint density at radius 2 is 2.13 bits per heavy atom. The Morgan fingerprint density at radius 1 is 1.40 bits per heavy atom. The van der Waals surface area contributed by atoms with Crippen LogP contribution in [0.5, 0.6) is 5.75 Å². The van der Waals surface area contributed by atoms with Crippen LogP contribution in [-0.4, -0.2) is 17.1 Å². The second kappa shape index (κ2) is 4.45. The second-order valence-corrected chi connectivity index (χ2v) is 5.92. The molecule has 15 heavy (non-hydrogen) atoms. The Bertz CT molecular complexity index is 340. The van der Waals surface area contributed by atoms with Gasteiger partial charge in [-0.1, -0.05) is 32.0 Å². The largest absolute Gasteiger partial charge is 0.492 e. The molecule has 2 N–H and O–H groups in total. The topological polar surface area (TPSA) is 35.2 Å². The van der Waals surface area contributed by atoms with Crippen LogP contribution in [-0.2, 0) is 0 Å². The van der Waals surface area contributed by atoms with Gasteiger partial charge >= 0.3 is 0 Å². The summed E-state index contributed by atoms with van der Waals surface area (Å²) in [7, 11) is 0. The van der Waals surface area contributed by atoms with E-state index < -0.39 is 0 Å². The molecule has 1 aromatic rings. The van der Waals surface area contributed by atoms with Gasteiger partial charge in [-0.2, -0.15) is 11.8 Å². The van der Waals surface area contributed by atoms with Crippen molar-refractivity contribution in [3.8, 4) is 5.75 Å². The Balaban J connectivity index is 2.18. The van der Waals surface area contributed by atoms with Crippen LogP contribution in [0.4, 0.5) is 0 Å². The van der Waals surface area contributed by atoms with Crippen LogP contribution in [0.25, 0.3) is 0 Å². The van der Waals surface area contributed by atoms with Gasteiger partial charge in [0.1, 0.15) is 12.4 Å². The molecule has 0 fully saturated rings. The molecule has 0 bridgehead atoms. The third-order valence-corrected chi connectivity index (χ3v) is 3.85. The summed E-state index contributed by atoms with van der Waals surface area (Å²) < 4.78 is 5.71. The van der Waals surface area contributed by atoms with Crippen LogP contribution < -0.4 is 10.5 Å². The lowest BCUT2D eigenvalue weighted by Gasteiger charge is -2.31. The molecule has 0 radical (unpaired) electrons. The predicted molar refractivity (Wildman–Crippen MR) is 65.4 cm³/mol. The van der Waals surface area contributed by atoms with Crippen molar-refractivity contribution in [2.24, 2.45) is 5.73 Å². The standard InChI is InChI=1S/C12H17NOS/c1-8(2)15-11-7-14-10-6-4-3-5-9(10)12(11)13/h3-6,8,11-12H,7,13H2,1-2H3. The highest BCUT2D eigenvalue weighted by molar-refractivity contribution is 8.00. The van der Waals surface area contributed by atoms with E-state index in [0.29, 0.717) is 10.5 Å². The van der Waals surface area contributed by atoms with Crippen molar-refractivity contribution in [2.75, 3.05) is 6.61 Å². The zero-order chi connectivity index (χ0) is 10.8. The van der Waals surface area contributed by atoms with Gasteiger partial charge in [-0.3, -0.25) is 0 Å². The molecule has 82 valence electrons. The van der Waals surface area contributed by atoms with E-state index in [-0.39, 0.29) is 6.04 Å². The molecular weight excluding hydrogens is 206 g/mol. The lowest BCUT2D eigenvalue weighted by molar-refractivity contribution is 0.276. The molecule has 0 spiro atoms. The van der Waals surface area contributed by atoms with Crippen molar-refractivity contribution in [2.45, 2.75) is 30.4 Å². The summed E-state index contributed by atoms with van der Waals surface area (Å²) >= 11 is 1.90. The van der Waals surface area contributed by atoms with Crippen LogP contribution >= 0.6 is 11.8 Å². The molecule has 0 amide bonds. The summed E-state index contributed by atoms with van der Waals surface area (Å²) in [5, 5.41) is 0.967. The lowest BCUT2D eigenvalue weighted by Crippen LogP contribution is -2.34. The van der Waals surface area contributed by atoms with E-state index in [4.69, 9.17) is 10.5 Å². The molecule has 0 aliphatic carbocycles. The van der Waals surface area contributed by atoms with Crippen molar-refractivity contribution >= 4 is 11.8 Å². The Kier molecular flexibility index (Phi) is 3.22. The summed E-state index contributed by atoms with van der Waals surface area (Å²) in [5.74, 6) is 0.950. The van der Waals surface area contributed by atoms with Crippen LogP contribution in [0.3, 0.4) is 0 Å². The van der Waals surface area contributed by atoms with Crippen molar-refractivity contribution < 1.29 is 4.74 Å². The van der Waals surface area contributed by atoms with Gasteiger partial charge in [0.2, 0.25) is 0 Å². The number of fused-ring (bicyclic) bond motifs is 1. The molecule has 2 rings (SSSR count). The first-order valence-electron chi connectivity index (χ1n) is 5.31. The fourth-order valence-corrected chi connectivity index (χ4v) is 3.00. The third-order valence-electron chi connectivity index (χ3n) is 2.53. The Labute approximate surface area is 95.2 Å². The maximum Gasteiger partial charge on any atom is 0.124 e. The highest BCUT2D eigenvalue weighted by Crippen LogP contribution is 2.36. The van der Waals surface area contributed by atoms with Crippen LogP contribution in [0, 0.1) is 0 Å². The van der Waals surface area contributed by atoms with Gasteiger partial charge in [0, 0.05) is 11.6 Å². The number of hydrogen-bond acceptors (Lipinski definition) is 3.